The molecule has 0 saturated carbocycles. The summed E-state index contributed by atoms with van der Waals surface area (Å²) < 4.78 is 7.84. The quantitative estimate of drug-likeness (QED) is 0.622. The topological polar surface area (TPSA) is 102 Å². The SMILES string of the molecule is O=C(N[C@@H]1CC[C@@H](CCn2cc(-c3ccccn3)nn2)O[C@@H]1CO)c1ccccc1. The molecule has 4 rings (SSSR count). The zero-order valence-electron chi connectivity index (χ0n) is 16.6. The summed E-state index contributed by atoms with van der Waals surface area (Å²) in [5.74, 6) is -0.147. The lowest BCUT2D eigenvalue weighted by Gasteiger charge is -2.36. The number of carbonyl (C=O) groups excluding carboxylic acids is 1. The van der Waals surface area contributed by atoms with Gasteiger partial charge in [0.1, 0.15) is 11.8 Å². The van der Waals surface area contributed by atoms with E-state index in [-0.39, 0.29) is 24.7 Å². The summed E-state index contributed by atoms with van der Waals surface area (Å²) in [4.78, 5) is 16.7. The number of nitrogens with zero attached hydrogens (tertiary/aromatic N) is 4. The molecule has 2 aromatic heterocycles. The maximum Gasteiger partial charge on any atom is 0.251 e. The van der Waals surface area contributed by atoms with Crippen molar-refractivity contribution < 1.29 is 14.6 Å². The summed E-state index contributed by atoms with van der Waals surface area (Å²) >= 11 is 0. The van der Waals surface area contributed by atoms with Crippen LogP contribution in [0.1, 0.15) is 29.6 Å². The van der Waals surface area contributed by atoms with E-state index in [1.54, 1.807) is 23.0 Å². The highest BCUT2D eigenvalue weighted by Gasteiger charge is 2.32. The lowest BCUT2D eigenvalue weighted by molar-refractivity contribution is -0.0912. The zero-order chi connectivity index (χ0) is 20.8. The summed E-state index contributed by atoms with van der Waals surface area (Å²) in [6.45, 7) is 0.521. The molecule has 0 radical (unpaired) electrons. The monoisotopic (exact) mass is 407 g/mol. The van der Waals surface area contributed by atoms with Crippen LogP contribution in [0.15, 0.2) is 60.9 Å². The van der Waals surface area contributed by atoms with Crippen molar-refractivity contribution in [3.8, 4) is 11.4 Å². The van der Waals surface area contributed by atoms with Crippen molar-refractivity contribution in [1.82, 2.24) is 25.3 Å². The van der Waals surface area contributed by atoms with Crippen LogP contribution in [-0.2, 0) is 11.3 Å². The lowest BCUT2D eigenvalue weighted by Crippen LogP contribution is -2.51. The second-order valence-corrected chi connectivity index (χ2v) is 7.37. The maximum absolute atomic E-state index is 12.4. The first-order valence-corrected chi connectivity index (χ1v) is 10.2. The molecule has 1 amide bonds. The minimum atomic E-state index is -0.420. The normalized spacial score (nSPS) is 21.3. The third-order valence-electron chi connectivity index (χ3n) is 5.29. The Morgan fingerprint density at radius 2 is 1.97 bits per heavy atom. The van der Waals surface area contributed by atoms with Gasteiger partial charge in [-0.05, 0) is 43.5 Å². The Labute approximate surface area is 174 Å². The van der Waals surface area contributed by atoms with Crippen molar-refractivity contribution in [3.05, 3.63) is 66.5 Å². The number of hydrogen-bond donors (Lipinski definition) is 2. The Bertz CT molecular complexity index is 948. The number of hydrogen-bond acceptors (Lipinski definition) is 6. The molecular weight excluding hydrogens is 382 g/mol. The van der Waals surface area contributed by atoms with Crippen molar-refractivity contribution in [3.63, 3.8) is 0 Å². The van der Waals surface area contributed by atoms with Crippen LogP contribution in [0.25, 0.3) is 11.4 Å². The third-order valence-corrected chi connectivity index (χ3v) is 5.29. The van der Waals surface area contributed by atoms with Crippen molar-refractivity contribution in [1.29, 1.82) is 0 Å². The third kappa shape index (κ3) is 4.90. The van der Waals surface area contributed by atoms with Crippen LogP contribution in [-0.4, -0.2) is 55.8 Å². The average Bonchev–Trinajstić information content (AvgIpc) is 3.28. The summed E-state index contributed by atoms with van der Waals surface area (Å²) in [5.41, 5.74) is 2.12. The molecule has 1 aliphatic rings. The molecule has 0 bridgehead atoms. The van der Waals surface area contributed by atoms with Crippen molar-refractivity contribution in [2.75, 3.05) is 6.61 Å². The van der Waals surface area contributed by atoms with Gasteiger partial charge in [0.25, 0.3) is 5.91 Å². The predicted molar refractivity (Wildman–Crippen MR) is 111 cm³/mol. The number of aliphatic hydroxyl groups is 1. The largest absolute Gasteiger partial charge is 0.394 e. The molecule has 8 nitrogen and oxygen atoms in total. The Morgan fingerprint density at radius 3 is 2.73 bits per heavy atom. The highest BCUT2D eigenvalue weighted by molar-refractivity contribution is 5.94. The average molecular weight is 407 g/mol. The molecular formula is C22H25N5O3. The lowest BCUT2D eigenvalue weighted by atomic mass is 9.96. The molecule has 1 aliphatic heterocycles. The van der Waals surface area contributed by atoms with Crippen LogP contribution in [0.2, 0.25) is 0 Å². The fourth-order valence-electron chi connectivity index (χ4n) is 3.67. The molecule has 1 saturated heterocycles. The Balaban J connectivity index is 1.29. The molecule has 8 heteroatoms. The molecule has 2 N–H and O–H groups in total. The van der Waals surface area contributed by atoms with E-state index in [4.69, 9.17) is 4.74 Å². The van der Waals surface area contributed by atoms with Crippen LogP contribution in [0.5, 0.6) is 0 Å². The van der Waals surface area contributed by atoms with Gasteiger partial charge in [0, 0.05) is 18.3 Å². The molecule has 0 unspecified atom stereocenters. The van der Waals surface area contributed by atoms with E-state index >= 15 is 0 Å². The molecule has 3 atom stereocenters. The van der Waals surface area contributed by atoms with Gasteiger partial charge >= 0.3 is 0 Å². The van der Waals surface area contributed by atoms with Crippen molar-refractivity contribution in [2.45, 2.75) is 44.1 Å². The Kier molecular flexibility index (Phi) is 6.46. The smallest absolute Gasteiger partial charge is 0.251 e. The summed E-state index contributed by atoms with van der Waals surface area (Å²) in [6.07, 6.45) is 5.49. The van der Waals surface area contributed by atoms with E-state index in [0.29, 0.717) is 12.1 Å². The van der Waals surface area contributed by atoms with Gasteiger partial charge in [0.05, 0.1) is 30.6 Å². The molecule has 1 fully saturated rings. The molecule has 156 valence electrons. The van der Waals surface area contributed by atoms with E-state index in [1.165, 1.54) is 0 Å². The van der Waals surface area contributed by atoms with Gasteiger partial charge in [-0.3, -0.25) is 14.5 Å². The molecule has 30 heavy (non-hydrogen) atoms. The van der Waals surface area contributed by atoms with Crippen molar-refractivity contribution >= 4 is 5.91 Å². The van der Waals surface area contributed by atoms with E-state index in [2.05, 4.69) is 20.6 Å². The van der Waals surface area contributed by atoms with Gasteiger partial charge in [0.2, 0.25) is 0 Å². The number of rotatable bonds is 7. The van der Waals surface area contributed by atoms with Gasteiger partial charge in [-0.15, -0.1) is 5.10 Å². The van der Waals surface area contributed by atoms with E-state index in [9.17, 15) is 9.90 Å². The van der Waals surface area contributed by atoms with Gasteiger partial charge < -0.3 is 15.2 Å². The zero-order valence-corrected chi connectivity index (χ0v) is 16.6. The second-order valence-electron chi connectivity index (χ2n) is 7.37. The number of benzene rings is 1. The Morgan fingerprint density at radius 1 is 1.13 bits per heavy atom. The highest BCUT2D eigenvalue weighted by Crippen LogP contribution is 2.23. The number of nitrogens with one attached hydrogen (secondary N) is 1. The number of carbonyl (C=O) groups is 1. The molecule has 0 aliphatic carbocycles. The van der Waals surface area contributed by atoms with E-state index in [1.807, 2.05) is 42.6 Å². The first-order valence-electron chi connectivity index (χ1n) is 10.2. The number of ether oxygens (including phenoxy) is 1. The summed E-state index contributed by atoms with van der Waals surface area (Å²) in [6, 6.07) is 14.5. The van der Waals surface area contributed by atoms with Crippen LogP contribution < -0.4 is 5.32 Å². The molecule has 1 aromatic carbocycles. The second kappa shape index (κ2) is 9.60. The number of aliphatic hydroxyl groups excluding tert-OH is 1. The fourth-order valence-corrected chi connectivity index (χ4v) is 3.67. The number of aryl methyl sites for hydroxylation is 1. The van der Waals surface area contributed by atoms with Crippen LogP contribution in [0, 0.1) is 0 Å². The predicted octanol–water partition coefficient (Wildman–Crippen LogP) is 2.07. The summed E-state index contributed by atoms with van der Waals surface area (Å²) in [5, 5.41) is 21.1. The Hall–Kier alpha value is -3.10. The number of pyridine rings is 1. The maximum atomic E-state index is 12.4. The molecule has 3 aromatic rings. The van der Waals surface area contributed by atoms with E-state index in [0.717, 1.165) is 30.7 Å². The van der Waals surface area contributed by atoms with Gasteiger partial charge in [-0.25, -0.2) is 0 Å². The van der Waals surface area contributed by atoms with Gasteiger partial charge in [-0.2, -0.15) is 0 Å². The first kappa shape index (κ1) is 20.2. The van der Waals surface area contributed by atoms with Crippen LogP contribution >= 0.6 is 0 Å². The summed E-state index contributed by atoms with van der Waals surface area (Å²) in [7, 11) is 0. The minimum Gasteiger partial charge on any atom is -0.394 e. The van der Waals surface area contributed by atoms with Crippen LogP contribution in [0.3, 0.4) is 0 Å². The van der Waals surface area contributed by atoms with Gasteiger partial charge in [-0.1, -0.05) is 29.5 Å². The molecule has 0 spiro atoms. The van der Waals surface area contributed by atoms with Crippen molar-refractivity contribution in [2.24, 2.45) is 0 Å². The first-order chi connectivity index (χ1) is 14.7. The highest BCUT2D eigenvalue weighted by atomic mass is 16.5. The van der Waals surface area contributed by atoms with Gasteiger partial charge in [0.15, 0.2) is 0 Å². The van der Waals surface area contributed by atoms with Crippen LogP contribution in [0.4, 0.5) is 0 Å². The fraction of sp³-hybridized carbons (Fsp3) is 0.364. The minimum absolute atomic E-state index is 0.00507. The molecule has 3 heterocycles. The standard InChI is InChI=1S/C22H25N5O3/c28-15-21-19(24-22(29)16-6-2-1-3-7-16)10-9-17(30-21)11-13-27-14-20(25-26-27)18-8-4-5-12-23-18/h1-8,12,14,17,19,21,28H,9-11,13,15H2,(H,24,29)/t17-,19+,21+/m0/s1. The van der Waals surface area contributed by atoms with E-state index < -0.39 is 6.10 Å². The number of amides is 1. The number of aromatic nitrogens is 4.